The second-order valence-corrected chi connectivity index (χ2v) is 7.14. The van der Waals surface area contributed by atoms with Crippen LogP contribution < -0.4 is 0 Å². The van der Waals surface area contributed by atoms with Crippen LogP contribution in [0.3, 0.4) is 0 Å². The van der Waals surface area contributed by atoms with Crippen molar-refractivity contribution in [2.45, 2.75) is 56.7 Å². The van der Waals surface area contributed by atoms with E-state index in [9.17, 15) is 13.2 Å². The summed E-state index contributed by atoms with van der Waals surface area (Å²) in [5.41, 5.74) is 0. The van der Waals surface area contributed by atoms with E-state index in [0.717, 1.165) is 32.1 Å². The Morgan fingerprint density at radius 2 is 1.89 bits per heavy atom. The van der Waals surface area contributed by atoms with Crippen LogP contribution in [0.2, 0.25) is 0 Å². The maximum atomic E-state index is 12.5. The van der Waals surface area contributed by atoms with Crippen molar-refractivity contribution < 1.29 is 17.9 Å². The Hall–Kier alpha value is -0.620. The van der Waals surface area contributed by atoms with Crippen molar-refractivity contribution in [2.75, 3.05) is 13.2 Å². The molecule has 1 aliphatic heterocycles. The lowest BCUT2D eigenvalue weighted by molar-refractivity contribution is -0.146. The van der Waals surface area contributed by atoms with Gasteiger partial charge in [-0.05, 0) is 32.6 Å². The summed E-state index contributed by atoms with van der Waals surface area (Å²) < 4.78 is 31.3. The molecule has 0 aromatic rings. The fraction of sp³-hybridized carbons (Fsp3) is 0.917. The molecule has 0 radical (unpaired) electrons. The highest BCUT2D eigenvalue weighted by Gasteiger charge is 2.43. The number of carbonyl (C=O) groups excluding carboxylic acids is 1. The standard InChI is InChI=1S/C12H21NO4S/c1-2-17-12(14)11-8-5-9-13(11)18(15,16)10-6-3-4-7-10/h10-11H,2-9H2,1H3. The molecule has 104 valence electrons. The fourth-order valence-electron chi connectivity index (χ4n) is 2.90. The molecule has 1 aliphatic carbocycles. The van der Waals surface area contributed by atoms with E-state index >= 15 is 0 Å². The van der Waals surface area contributed by atoms with Crippen LogP contribution in [0.5, 0.6) is 0 Å². The van der Waals surface area contributed by atoms with Gasteiger partial charge >= 0.3 is 5.97 Å². The number of carbonyl (C=O) groups is 1. The lowest BCUT2D eigenvalue weighted by atomic mass is 10.2. The zero-order chi connectivity index (χ0) is 13.2. The van der Waals surface area contributed by atoms with E-state index in [2.05, 4.69) is 0 Å². The third-order valence-corrected chi connectivity index (χ3v) is 6.22. The molecule has 1 unspecified atom stereocenters. The molecule has 1 saturated carbocycles. The maximum Gasteiger partial charge on any atom is 0.324 e. The summed E-state index contributed by atoms with van der Waals surface area (Å²) in [4.78, 5) is 11.8. The number of rotatable bonds is 4. The van der Waals surface area contributed by atoms with Gasteiger partial charge < -0.3 is 4.74 Å². The average Bonchev–Trinajstić information content (AvgIpc) is 3.01. The van der Waals surface area contributed by atoms with Crippen LogP contribution in [-0.4, -0.2) is 43.1 Å². The monoisotopic (exact) mass is 275 g/mol. The highest BCUT2D eigenvalue weighted by atomic mass is 32.2. The lowest BCUT2D eigenvalue weighted by Crippen LogP contribution is -2.45. The molecule has 0 bridgehead atoms. The number of esters is 1. The highest BCUT2D eigenvalue weighted by molar-refractivity contribution is 7.89. The highest BCUT2D eigenvalue weighted by Crippen LogP contribution is 2.31. The van der Waals surface area contributed by atoms with E-state index in [1.807, 2.05) is 0 Å². The molecule has 0 aromatic carbocycles. The van der Waals surface area contributed by atoms with E-state index in [-0.39, 0.29) is 5.25 Å². The lowest BCUT2D eigenvalue weighted by Gasteiger charge is -2.25. The van der Waals surface area contributed by atoms with Gasteiger partial charge in [0.25, 0.3) is 0 Å². The predicted octanol–water partition coefficient (Wildman–Crippen LogP) is 1.29. The third-order valence-electron chi connectivity index (χ3n) is 3.81. The molecular formula is C12H21NO4S. The fourth-order valence-corrected chi connectivity index (χ4v) is 5.14. The molecular weight excluding hydrogens is 254 g/mol. The molecule has 2 rings (SSSR count). The maximum absolute atomic E-state index is 12.5. The van der Waals surface area contributed by atoms with Crippen molar-refractivity contribution in [1.82, 2.24) is 4.31 Å². The second-order valence-electron chi connectivity index (χ2n) is 4.97. The summed E-state index contributed by atoms with van der Waals surface area (Å²) in [7, 11) is -3.32. The molecule has 0 spiro atoms. The number of ether oxygens (including phenoxy) is 1. The van der Waals surface area contributed by atoms with Crippen molar-refractivity contribution >= 4 is 16.0 Å². The van der Waals surface area contributed by atoms with E-state index in [1.165, 1.54) is 4.31 Å². The smallest absolute Gasteiger partial charge is 0.324 e. The first-order chi connectivity index (χ1) is 8.57. The van der Waals surface area contributed by atoms with Gasteiger partial charge in [0.05, 0.1) is 11.9 Å². The summed E-state index contributed by atoms with van der Waals surface area (Å²) in [5, 5.41) is -0.285. The first-order valence-corrected chi connectivity index (χ1v) is 8.25. The van der Waals surface area contributed by atoms with Crippen LogP contribution in [0.15, 0.2) is 0 Å². The van der Waals surface area contributed by atoms with Crippen molar-refractivity contribution in [1.29, 1.82) is 0 Å². The number of hydrogen-bond donors (Lipinski definition) is 0. The molecule has 1 saturated heterocycles. The second kappa shape index (κ2) is 5.57. The van der Waals surface area contributed by atoms with Crippen molar-refractivity contribution in [3.05, 3.63) is 0 Å². The Kier molecular flexibility index (Phi) is 4.27. The molecule has 2 aliphatic rings. The molecule has 1 heterocycles. The zero-order valence-electron chi connectivity index (χ0n) is 10.8. The van der Waals surface area contributed by atoms with E-state index in [1.54, 1.807) is 6.92 Å². The zero-order valence-corrected chi connectivity index (χ0v) is 11.6. The Bertz CT molecular complexity index is 400. The summed E-state index contributed by atoms with van der Waals surface area (Å²) in [5.74, 6) is -0.392. The molecule has 0 N–H and O–H groups in total. The summed E-state index contributed by atoms with van der Waals surface area (Å²) in [6.45, 7) is 2.50. The number of hydrogen-bond acceptors (Lipinski definition) is 4. The SMILES string of the molecule is CCOC(=O)C1CCCN1S(=O)(=O)C1CCCC1. The molecule has 1 atom stereocenters. The first kappa shape index (κ1) is 13.8. The van der Waals surface area contributed by atoms with Crippen LogP contribution >= 0.6 is 0 Å². The molecule has 0 amide bonds. The van der Waals surface area contributed by atoms with Crippen LogP contribution in [0.4, 0.5) is 0 Å². The van der Waals surface area contributed by atoms with Crippen molar-refractivity contribution in [3.8, 4) is 0 Å². The molecule has 18 heavy (non-hydrogen) atoms. The Morgan fingerprint density at radius 3 is 2.50 bits per heavy atom. The largest absolute Gasteiger partial charge is 0.465 e. The normalized spacial score (nSPS) is 26.6. The quantitative estimate of drug-likeness (QED) is 0.725. The van der Waals surface area contributed by atoms with Crippen LogP contribution in [-0.2, 0) is 19.6 Å². The van der Waals surface area contributed by atoms with Gasteiger partial charge in [0.2, 0.25) is 10.0 Å². The van der Waals surface area contributed by atoms with Gasteiger partial charge in [0.1, 0.15) is 6.04 Å². The minimum absolute atomic E-state index is 0.285. The molecule has 5 nitrogen and oxygen atoms in total. The molecule has 0 aromatic heterocycles. The van der Waals surface area contributed by atoms with Gasteiger partial charge in [-0.2, -0.15) is 4.31 Å². The Morgan fingerprint density at radius 1 is 1.22 bits per heavy atom. The number of nitrogens with zero attached hydrogens (tertiary/aromatic N) is 1. The van der Waals surface area contributed by atoms with Crippen LogP contribution in [0.25, 0.3) is 0 Å². The van der Waals surface area contributed by atoms with Gasteiger partial charge in [0.15, 0.2) is 0 Å². The average molecular weight is 275 g/mol. The summed E-state index contributed by atoms with van der Waals surface area (Å²) in [6.07, 6.45) is 4.74. The molecule has 6 heteroatoms. The Labute approximate surface area is 109 Å². The van der Waals surface area contributed by atoms with Crippen molar-refractivity contribution in [2.24, 2.45) is 0 Å². The first-order valence-electron chi connectivity index (χ1n) is 6.74. The predicted molar refractivity (Wildman–Crippen MR) is 67.5 cm³/mol. The summed E-state index contributed by atoms with van der Waals surface area (Å²) in [6, 6.07) is -0.587. The van der Waals surface area contributed by atoms with Crippen molar-refractivity contribution in [3.63, 3.8) is 0 Å². The van der Waals surface area contributed by atoms with E-state index in [4.69, 9.17) is 4.74 Å². The van der Waals surface area contributed by atoms with Crippen LogP contribution in [0, 0.1) is 0 Å². The van der Waals surface area contributed by atoms with Gasteiger partial charge in [0, 0.05) is 6.54 Å². The minimum Gasteiger partial charge on any atom is -0.465 e. The van der Waals surface area contributed by atoms with Gasteiger partial charge in [-0.1, -0.05) is 12.8 Å². The van der Waals surface area contributed by atoms with Gasteiger partial charge in [-0.15, -0.1) is 0 Å². The summed E-state index contributed by atoms with van der Waals surface area (Å²) >= 11 is 0. The van der Waals surface area contributed by atoms with E-state index in [0.29, 0.717) is 19.6 Å². The topological polar surface area (TPSA) is 63.7 Å². The minimum atomic E-state index is -3.32. The van der Waals surface area contributed by atoms with Crippen LogP contribution in [0.1, 0.15) is 45.4 Å². The Balaban J connectivity index is 2.13. The van der Waals surface area contributed by atoms with Gasteiger partial charge in [-0.3, -0.25) is 4.79 Å². The van der Waals surface area contributed by atoms with E-state index < -0.39 is 22.0 Å². The number of sulfonamides is 1. The molecule has 2 fully saturated rings. The third kappa shape index (κ3) is 2.54. The van der Waals surface area contributed by atoms with Gasteiger partial charge in [-0.25, -0.2) is 8.42 Å².